The number of alkyl halides is 3. The van der Waals surface area contributed by atoms with Crippen LogP contribution in [0.4, 0.5) is 18.9 Å². The van der Waals surface area contributed by atoms with Gasteiger partial charge in [0.05, 0.1) is 5.92 Å². The van der Waals surface area contributed by atoms with E-state index in [9.17, 15) is 18.0 Å². The first-order valence-electron chi connectivity index (χ1n) is 7.01. The molecule has 0 spiro atoms. The number of carbonyl (C=O) groups is 1. The molecule has 1 saturated carbocycles. The van der Waals surface area contributed by atoms with Gasteiger partial charge in [-0.25, -0.2) is 0 Å². The Hall–Kier alpha value is -1.72. The Morgan fingerprint density at radius 2 is 1.86 bits per heavy atom. The predicted molar refractivity (Wildman–Crippen MR) is 74.9 cm³/mol. The van der Waals surface area contributed by atoms with E-state index in [0.717, 1.165) is 0 Å². The van der Waals surface area contributed by atoms with E-state index >= 15 is 0 Å². The molecular weight excluding hydrogens is 281 g/mol. The van der Waals surface area contributed by atoms with Crippen molar-refractivity contribution in [2.45, 2.75) is 44.8 Å². The number of amides is 1. The molecule has 1 aliphatic carbocycles. The van der Waals surface area contributed by atoms with Crippen molar-refractivity contribution in [3.63, 3.8) is 0 Å². The van der Waals surface area contributed by atoms with Gasteiger partial charge in [0, 0.05) is 17.3 Å². The molecule has 1 aromatic rings. The van der Waals surface area contributed by atoms with Crippen LogP contribution in [0.3, 0.4) is 0 Å². The molecule has 0 unspecified atom stereocenters. The summed E-state index contributed by atoms with van der Waals surface area (Å²) in [6, 6.07) is 4.87. The van der Waals surface area contributed by atoms with Crippen LogP contribution in [0.5, 0.6) is 0 Å². The second-order valence-corrected chi connectivity index (χ2v) is 5.58. The normalized spacial score (nSPS) is 22.9. The largest absolute Gasteiger partial charge is 0.398 e. The van der Waals surface area contributed by atoms with Crippen molar-refractivity contribution < 1.29 is 18.0 Å². The van der Waals surface area contributed by atoms with E-state index < -0.39 is 12.1 Å². The number of anilines is 1. The van der Waals surface area contributed by atoms with Gasteiger partial charge in [0.25, 0.3) is 5.91 Å². The van der Waals surface area contributed by atoms with E-state index in [1.807, 2.05) is 0 Å². The molecule has 0 heterocycles. The van der Waals surface area contributed by atoms with Crippen molar-refractivity contribution in [3.05, 3.63) is 29.3 Å². The quantitative estimate of drug-likeness (QED) is 0.822. The maximum absolute atomic E-state index is 12.6. The minimum atomic E-state index is -4.13. The average Bonchev–Trinajstić information content (AvgIpc) is 2.41. The Morgan fingerprint density at radius 1 is 1.24 bits per heavy atom. The lowest BCUT2D eigenvalue weighted by Crippen LogP contribution is -2.40. The zero-order chi connectivity index (χ0) is 15.6. The van der Waals surface area contributed by atoms with Crippen LogP contribution in [0.15, 0.2) is 18.2 Å². The monoisotopic (exact) mass is 300 g/mol. The number of nitrogens with one attached hydrogen (secondary N) is 1. The molecule has 0 aliphatic heterocycles. The van der Waals surface area contributed by atoms with Gasteiger partial charge in [0.2, 0.25) is 0 Å². The lowest BCUT2D eigenvalue weighted by molar-refractivity contribution is -0.182. The van der Waals surface area contributed by atoms with Crippen molar-refractivity contribution in [3.8, 4) is 0 Å². The van der Waals surface area contributed by atoms with Gasteiger partial charge >= 0.3 is 6.18 Å². The molecule has 1 fully saturated rings. The smallest absolute Gasteiger partial charge is 0.391 e. The van der Waals surface area contributed by atoms with Crippen molar-refractivity contribution in [1.29, 1.82) is 0 Å². The van der Waals surface area contributed by atoms with Gasteiger partial charge < -0.3 is 11.1 Å². The lowest BCUT2D eigenvalue weighted by Gasteiger charge is -2.30. The van der Waals surface area contributed by atoms with E-state index in [0.29, 0.717) is 29.7 Å². The molecule has 2 rings (SSSR count). The van der Waals surface area contributed by atoms with Gasteiger partial charge in [-0.15, -0.1) is 0 Å². The van der Waals surface area contributed by atoms with Crippen molar-refractivity contribution in [2.75, 3.05) is 5.73 Å². The summed E-state index contributed by atoms with van der Waals surface area (Å²) in [6.45, 7) is 1.75. The van der Waals surface area contributed by atoms with Gasteiger partial charge in [0.1, 0.15) is 0 Å². The van der Waals surface area contributed by atoms with Gasteiger partial charge in [-0.1, -0.05) is 6.07 Å². The van der Waals surface area contributed by atoms with E-state index in [4.69, 9.17) is 5.73 Å². The van der Waals surface area contributed by atoms with E-state index in [2.05, 4.69) is 5.32 Å². The molecule has 3 N–H and O–H groups in total. The summed E-state index contributed by atoms with van der Waals surface area (Å²) in [5.74, 6) is -1.50. The first-order chi connectivity index (χ1) is 9.79. The van der Waals surface area contributed by atoms with Crippen molar-refractivity contribution in [2.24, 2.45) is 5.92 Å². The molecule has 3 nitrogen and oxygen atoms in total. The summed E-state index contributed by atoms with van der Waals surface area (Å²) < 4.78 is 37.8. The Kier molecular flexibility index (Phi) is 4.44. The summed E-state index contributed by atoms with van der Waals surface area (Å²) in [7, 11) is 0. The van der Waals surface area contributed by atoms with Gasteiger partial charge in [0.15, 0.2) is 0 Å². The minimum Gasteiger partial charge on any atom is -0.398 e. The van der Waals surface area contributed by atoms with Gasteiger partial charge in [-0.2, -0.15) is 13.2 Å². The SMILES string of the molecule is Cc1c(N)cccc1C(=O)NC1CCC(C(F)(F)F)CC1. The number of halogens is 3. The fourth-order valence-corrected chi connectivity index (χ4v) is 2.73. The second-order valence-electron chi connectivity index (χ2n) is 5.58. The third-order valence-corrected chi connectivity index (χ3v) is 4.15. The highest BCUT2D eigenvalue weighted by molar-refractivity contribution is 5.97. The Labute approximate surface area is 121 Å². The third kappa shape index (κ3) is 3.68. The standard InChI is InChI=1S/C15H19F3N2O/c1-9-12(3-2-4-13(9)19)14(21)20-11-7-5-10(6-8-11)15(16,17)18/h2-4,10-11H,5-8,19H2,1H3,(H,20,21). The molecule has 1 aromatic carbocycles. The molecule has 6 heteroatoms. The topological polar surface area (TPSA) is 55.1 Å². The van der Waals surface area contributed by atoms with Crippen LogP contribution in [-0.4, -0.2) is 18.1 Å². The number of carbonyl (C=O) groups excluding carboxylic acids is 1. The molecule has 1 aliphatic rings. The molecule has 1 amide bonds. The number of nitrogens with two attached hydrogens (primary N) is 1. The Bertz CT molecular complexity index is 520. The highest BCUT2D eigenvalue weighted by atomic mass is 19.4. The van der Waals surface area contributed by atoms with Crippen molar-refractivity contribution >= 4 is 11.6 Å². The maximum Gasteiger partial charge on any atom is 0.391 e. The molecule has 0 atom stereocenters. The van der Waals surface area contributed by atoms with Crippen LogP contribution in [0.25, 0.3) is 0 Å². The van der Waals surface area contributed by atoms with Gasteiger partial charge in [-0.05, 0) is 50.3 Å². The summed E-state index contributed by atoms with van der Waals surface area (Å²) in [5.41, 5.74) is 7.46. The maximum atomic E-state index is 12.6. The number of benzene rings is 1. The first-order valence-corrected chi connectivity index (χ1v) is 7.01. The molecule has 21 heavy (non-hydrogen) atoms. The highest BCUT2D eigenvalue weighted by Crippen LogP contribution is 2.37. The van der Waals surface area contributed by atoms with Gasteiger partial charge in [-0.3, -0.25) is 4.79 Å². The number of hydrogen-bond donors (Lipinski definition) is 2. The van der Waals surface area contributed by atoms with Crippen LogP contribution in [0.2, 0.25) is 0 Å². The predicted octanol–water partition coefficient (Wildman–Crippen LogP) is 3.43. The second kappa shape index (κ2) is 5.95. The molecule has 0 aromatic heterocycles. The summed E-state index contributed by atoms with van der Waals surface area (Å²) in [4.78, 5) is 12.2. The average molecular weight is 300 g/mol. The van der Waals surface area contributed by atoms with Crippen LogP contribution in [0, 0.1) is 12.8 Å². The first kappa shape index (κ1) is 15.7. The zero-order valence-electron chi connectivity index (χ0n) is 11.8. The molecular formula is C15H19F3N2O. The minimum absolute atomic E-state index is 0.0738. The molecule has 0 bridgehead atoms. The van der Waals surface area contributed by atoms with Crippen LogP contribution >= 0.6 is 0 Å². The van der Waals surface area contributed by atoms with Crippen LogP contribution in [-0.2, 0) is 0 Å². The fourth-order valence-electron chi connectivity index (χ4n) is 2.73. The summed E-state index contributed by atoms with van der Waals surface area (Å²) in [6.07, 6.45) is -3.26. The third-order valence-electron chi connectivity index (χ3n) is 4.15. The summed E-state index contributed by atoms with van der Waals surface area (Å²) in [5, 5.41) is 2.81. The van der Waals surface area contributed by atoms with E-state index in [-0.39, 0.29) is 24.8 Å². The fraction of sp³-hybridized carbons (Fsp3) is 0.533. The Balaban J connectivity index is 1.95. The van der Waals surface area contributed by atoms with E-state index in [1.165, 1.54) is 0 Å². The van der Waals surface area contributed by atoms with Crippen molar-refractivity contribution in [1.82, 2.24) is 5.32 Å². The highest BCUT2D eigenvalue weighted by Gasteiger charge is 2.41. The number of rotatable bonds is 2. The summed E-state index contributed by atoms with van der Waals surface area (Å²) >= 11 is 0. The zero-order valence-corrected chi connectivity index (χ0v) is 11.8. The number of nitrogen functional groups attached to an aromatic ring is 1. The molecule has 0 saturated heterocycles. The van der Waals surface area contributed by atoms with Crippen LogP contribution < -0.4 is 11.1 Å². The molecule has 0 radical (unpaired) electrons. The van der Waals surface area contributed by atoms with Crippen LogP contribution in [0.1, 0.15) is 41.6 Å². The molecule has 116 valence electrons. The number of hydrogen-bond acceptors (Lipinski definition) is 2. The lowest BCUT2D eigenvalue weighted by atomic mass is 9.85. The Morgan fingerprint density at radius 3 is 2.43 bits per heavy atom. The van der Waals surface area contributed by atoms with E-state index in [1.54, 1.807) is 25.1 Å².